The van der Waals surface area contributed by atoms with E-state index in [-0.39, 0.29) is 6.04 Å². The fraction of sp³-hybridized carbons (Fsp3) is 0.714. The van der Waals surface area contributed by atoms with Crippen LogP contribution < -0.4 is 5.32 Å². The zero-order chi connectivity index (χ0) is 14.2. The molecule has 6 heteroatoms. The molecule has 2 heterocycles. The highest BCUT2D eigenvalue weighted by atomic mass is 32.2. The zero-order valence-corrected chi connectivity index (χ0v) is 13.5. The van der Waals surface area contributed by atoms with E-state index in [1.165, 1.54) is 17.8 Å². The summed E-state index contributed by atoms with van der Waals surface area (Å²) in [6.45, 7) is 4.67. The normalized spacial score (nSPS) is 26.4. The molecule has 20 heavy (non-hydrogen) atoms. The molecule has 1 aromatic heterocycles. The van der Waals surface area contributed by atoms with Gasteiger partial charge in [-0.05, 0) is 56.8 Å². The molecule has 1 aliphatic heterocycles. The molecule has 0 spiro atoms. The number of thiophene rings is 1. The van der Waals surface area contributed by atoms with E-state index >= 15 is 0 Å². The molecule has 1 saturated carbocycles. The molecule has 2 aliphatic rings. The Bertz CT molecular complexity index is 567. The number of fused-ring (bicyclic) bond motifs is 2. The van der Waals surface area contributed by atoms with Gasteiger partial charge in [-0.3, -0.25) is 0 Å². The first-order chi connectivity index (χ1) is 9.61. The Hall–Kier alpha value is -0.430. The molecule has 0 radical (unpaired) electrons. The van der Waals surface area contributed by atoms with Crippen LogP contribution in [0.1, 0.15) is 31.1 Å². The Labute approximate surface area is 125 Å². The summed E-state index contributed by atoms with van der Waals surface area (Å²) in [6, 6.07) is 4.01. The molecule has 2 atom stereocenters. The summed E-state index contributed by atoms with van der Waals surface area (Å²) in [6.07, 6.45) is 4.22. The summed E-state index contributed by atoms with van der Waals surface area (Å²) in [5.41, 5.74) is 0. The van der Waals surface area contributed by atoms with Gasteiger partial charge < -0.3 is 5.32 Å². The minimum atomic E-state index is -3.25. The standard InChI is InChI=1S/C14H22N2O2S2/c1-2-15-8-7-13-5-6-14(19-13)20(17,18)16-10-11-3-4-12(16)9-11/h5-6,11-12,15H,2-4,7-10H2,1H3. The lowest BCUT2D eigenvalue weighted by molar-refractivity contribution is 0.334. The van der Waals surface area contributed by atoms with E-state index in [0.29, 0.717) is 10.1 Å². The Morgan fingerprint density at radius 2 is 2.25 bits per heavy atom. The molecule has 1 N–H and O–H groups in total. The van der Waals surface area contributed by atoms with Gasteiger partial charge in [-0.2, -0.15) is 4.31 Å². The number of piperidine rings is 1. The van der Waals surface area contributed by atoms with Gasteiger partial charge in [-0.15, -0.1) is 11.3 Å². The predicted octanol–water partition coefficient (Wildman–Crippen LogP) is 2.07. The third-order valence-electron chi connectivity index (χ3n) is 4.36. The van der Waals surface area contributed by atoms with Crippen molar-refractivity contribution in [3.63, 3.8) is 0 Å². The summed E-state index contributed by atoms with van der Waals surface area (Å²) >= 11 is 1.43. The Morgan fingerprint density at radius 3 is 2.90 bits per heavy atom. The largest absolute Gasteiger partial charge is 0.317 e. The van der Waals surface area contributed by atoms with Gasteiger partial charge in [0.2, 0.25) is 0 Å². The molecule has 2 unspecified atom stereocenters. The van der Waals surface area contributed by atoms with Crippen molar-refractivity contribution in [3.8, 4) is 0 Å². The Kier molecular flexibility index (Phi) is 4.17. The van der Waals surface area contributed by atoms with E-state index in [1.54, 1.807) is 10.4 Å². The minimum Gasteiger partial charge on any atom is -0.317 e. The van der Waals surface area contributed by atoms with Crippen LogP contribution in [0.2, 0.25) is 0 Å². The monoisotopic (exact) mass is 314 g/mol. The third-order valence-corrected chi connectivity index (χ3v) is 7.89. The average Bonchev–Trinajstić information content (AvgIpc) is 3.15. The van der Waals surface area contributed by atoms with Crippen LogP contribution in [-0.4, -0.2) is 38.4 Å². The maximum atomic E-state index is 12.7. The van der Waals surface area contributed by atoms with Crippen molar-refractivity contribution in [2.75, 3.05) is 19.6 Å². The lowest BCUT2D eigenvalue weighted by Gasteiger charge is -2.25. The van der Waals surface area contributed by atoms with Gasteiger partial charge in [0.05, 0.1) is 0 Å². The van der Waals surface area contributed by atoms with E-state index in [1.807, 2.05) is 6.07 Å². The fourth-order valence-electron chi connectivity index (χ4n) is 3.31. The first-order valence-corrected chi connectivity index (χ1v) is 9.68. The van der Waals surface area contributed by atoms with E-state index in [2.05, 4.69) is 12.2 Å². The number of rotatable bonds is 6. The topological polar surface area (TPSA) is 49.4 Å². The number of sulfonamides is 1. The van der Waals surface area contributed by atoms with Crippen molar-refractivity contribution in [2.24, 2.45) is 5.92 Å². The first-order valence-electron chi connectivity index (χ1n) is 7.42. The summed E-state index contributed by atoms with van der Waals surface area (Å²) in [5, 5.41) is 3.27. The number of hydrogen-bond donors (Lipinski definition) is 1. The van der Waals surface area contributed by atoms with E-state index in [9.17, 15) is 8.42 Å². The molecular formula is C14H22N2O2S2. The van der Waals surface area contributed by atoms with Crippen LogP contribution in [0, 0.1) is 5.92 Å². The number of likely N-dealkylation sites (N-methyl/N-ethyl adjacent to an activating group) is 1. The van der Waals surface area contributed by atoms with Crippen molar-refractivity contribution in [3.05, 3.63) is 17.0 Å². The minimum absolute atomic E-state index is 0.261. The highest BCUT2D eigenvalue weighted by Gasteiger charge is 2.44. The number of nitrogens with one attached hydrogen (secondary N) is 1. The van der Waals surface area contributed by atoms with Crippen molar-refractivity contribution >= 4 is 21.4 Å². The van der Waals surface area contributed by atoms with Crippen LogP contribution in [0.3, 0.4) is 0 Å². The second-order valence-corrected chi connectivity index (χ2v) is 9.02. The van der Waals surface area contributed by atoms with E-state index in [0.717, 1.165) is 43.8 Å². The fourth-order valence-corrected chi connectivity index (χ4v) is 6.54. The van der Waals surface area contributed by atoms with Crippen molar-refractivity contribution in [1.29, 1.82) is 0 Å². The molecule has 3 rings (SSSR count). The van der Waals surface area contributed by atoms with Gasteiger partial charge >= 0.3 is 0 Å². The molecule has 2 fully saturated rings. The average molecular weight is 314 g/mol. The van der Waals surface area contributed by atoms with E-state index in [4.69, 9.17) is 0 Å². The van der Waals surface area contributed by atoms with Crippen LogP contribution in [0.4, 0.5) is 0 Å². The summed E-state index contributed by atoms with van der Waals surface area (Å²) in [7, 11) is -3.25. The second kappa shape index (κ2) is 5.75. The molecule has 2 bridgehead atoms. The van der Waals surface area contributed by atoms with Gasteiger partial charge in [-0.25, -0.2) is 8.42 Å². The maximum Gasteiger partial charge on any atom is 0.252 e. The molecule has 0 amide bonds. The van der Waals surface area contributed by atoms with E-state index < -0.39 is 10.0 Å². The van der Waals surface area contributed by atoms with Gasteiger partial charge in [0, 0.05) is 17.5 Å². The molecule has 0 aromatic carbocycles. The van der Waals surface area contributed by atoms with Crippen molar-refractivity contribution in [1.82, 2.24) is 9.62 Å². The van der Waals surface area contributed by atoms with Gasteiger partial charge in [0.15, 0.2) is 0 Å². The smallest absolute Gasteiger partial charge is 0.252 e. The highest BCUT2D eigenvalue weighted by Crippen LogP contribution is 2.41. The summed E-state index contributed by atoms with van der Waals surface area (Å²) in [4.78, 5) is 1.15. The number of nitrogens with zero attached hydrogens (tertiary/aromatic N) is 1. The molecule has 4 nitrogen and oxygen atoms in total. The van der Waals surface area contributed by atoms with Crippen molar-refractivity contribution < 1.29 is 8.42 Å². The SMILES string of the molecule is CCNCCc1ccc(S(=O)(=O)N2CC3CCC2C3)s1. The molecule has 1 saturated heterocycles. The Morgan fingerprint density at radius 1 is 1.40 bits per heavy atom. The van der Waals surface area contributed by atoms with Crippen LogP contribution >= 0.6 is 11.3 Å². The third kappa shape index (κ3) is 2.66. The van der Waals surface area contributed by atoms with Gasteiger partial charge in [0.1, 0.15) is 4.21 Å². The Balaban J connectivity index is 1.71. The quantitative estimate of drug-likeness (QED) is 0.818. The molecular weight excluding hydrogens is 292 g/mol. The van der Waals surface area contributed by atoms with Crippen LogP contribution in [0.25, 0.3) is 0 Å². The molecule has 1 aromatic rings. The zero-order valence-electron chi connectivity index (χ0n) is 11.8. The molecule has 1 aliphatic carbocycles. The maximum absolute atomic E-state index is 12.7. The lowest BCUT2D eigenvalue weighted by Crippen LogP contribution is -2.37. The second-order valence-electron chi connectivity index (χ2n) is 5.73. The first kappa shape index (κ1) is 14.5. The van der Waals surface area contributed by atoms with Gasteiger partial charge in [0.25, 0.3) is 10.0 Å². The lowest BCUT2D eigenvalue weighted by atomic mass is 10.1. The summed E-state index contributed by atoms with van der Waals surface area (Å²) < 4.78 is 27.7. The van der Waals surface area contributed by atoms with Crippen LogP contribution in [-0.2, 0) is 16.4 Å². The predicted molar refractivity (Wildman–Crippen MR) is 81.6 cm³/mol. The van der Waals surface area contributed by atoms with Gasteiger partial charge in [-0.1, -0.05) is 6.92 Å². The van der Waals surface area contributed by atoms with Crippen LogP contribution in [0.5, 0.6) is 0 Å². The van der Waals surface area contributed by atoms with Crippen molar-refractivity contribution in [2.45, 2.75) is 42.9 Å². The summed E-state index contributed by atoms with van der Waals surface area (Å²) in [5.74, 6) is 0.600. The highest BCUT2D eigenvalue weighted by molar-refractivity contribution is 7.91. The number of hydrogen-bond acceptors (Lipinski definition) is 4. The molecule has 112 valence electrons. The van der Waals surface area contributed by atoms with Crippen LogP contribution in [0.15, 0.2) is 16.3 Å².